The fourth-order valence-electron chi connectivity index (χ4n) is 4.02. The minimum atomic E-state index is -0.402. The highest BCUT2D eigenvalue weighted by molar-refractivity contribution is 8.26. The molecule has 1 aromatic heterocycles. The summed E-state index contributed by atoms with van der Waals surface area (Å²) in [6, 6.07) is 17.6. The molecule has 1 fully saturated rings. The number of nitriles is 1. The number of rotatable bonds is 7. The monoisotopic (exact) mass is 530 g/mol. The first-order valence-electron chi connectivity index (χ1n) is 11.5. The second kappa shape index (κ2) is 11.0. The molecule has 0 unspecified atom stereocenters. The number of aryl methyl sites for hydroxylation is 1. The van der Waals surface area contributed by atoms with Crippen molar-refractivity contribution >= 4 is 46.1 Å². The van der Waals surface area contributed by atoms with E-state index in [4.69, 9.17) is 17.0 Å². The van der Waals surface area contributed by atoms with Crippen LogP contribution < -0.4 is 15.6 Å². The Hall–Kier alpha value is -3.87. The van der Waals surface area contributed by atoms with Crippen LogP contribution in [-0.2, 0) is 24.9 Å². The van der Waals surface area contributed by atoms with Gasteiger partial charge in [-0.2, -0.15) is 5.26 Å². The van der Waals surface area contributed by atoms with Gasteiger partial charge in [0, 0.05) is 19.2 Å². The fourth-order valence-corrected chi connectivity index (χ4v) is 5.25. The number of ether oxygens (including phenoxy) is 1. The SMILES string of the molecule is COc1ccc(CNc2c(/C=C3/SC(=S)N(Cc4ccc(C)cc4)C3=O)c(C)c(C#N)c(=O)n2C)cc1. The van der Waals surface area contributed by atoms with Crippen LogP contribution in [0.4, 0.5) is 5.82 Å². The summed E-state index contributed by atoms with van der Waals surface area (Å²) in [6.07, 6.45) is 1.72. The molecule has 0 saturated carbocycles. The number of hydrogen-bond acceptors (Lipinski definition) is 7. The van der Waals surface area contributed by atoms with Crippen LogP contribution in [0.25, 0.3) is 6.08 Å². The van der Waals surface area contributed by atoms with E-state index >= 15 is 0 Å². The summed E-state index contributed by atoms with van der Waals surface area (Å²) in [7, 11) is 3.22. The standard InChI is InChI=1S/C28H26N4O3S2/c1-17-5-7-20(8-6-17)16-32-27(34)24(37-28(32)36)13-22-18(2)23(14-29)26(33)31(3)25(22)30-15-19-9-11-21(35-4)12-10-19/h5-13,30H,15-16H2,1-4H3/b24-13+. The molecular formula is C28H26N4O3S2. The first kappa shape index (κ1) is 26.2. The normalized spacial score (nSPS) is 14.2. The Morgan fingerprint density at radius 1 is 1.08 bits per heavy atom. The number of nitrogens with zero attached hydrogens (tertiary/aromatic N) is 3. The number of carbonyl (C=O) groups is 1. The van der Waals surface area contributed by atoms with Crippen molar-refractivity contribution in [1.82, 2.24) is 9.47 Å². The molecule has 3 aromatic rings. The predicted molar refractivity (Wildman–Crippen MR) is 151 cm³/mol. The lowest BCUT2D eigenvalue weighted by molar-refractivity contribution is -0.122. The van der Waals surface area contributed by atoms with Crippen LogP contribution in [0.1, 0.15) is 33.4 Å². The summed E-state index contributed by atoms with van der Waals surface area (Å²) in [5, 5.41) is 13.0. The van der Waals surface area contributed by atoms with Gasteiger partial charge in [0.15, 0.2) is 0 Å². The van der Waals surface area contributed by atoms with Crippen LogP contribution in [-0.4, -0.2) is 26.8 Å². The number of thioether (sulfide) groups is 1. The predicted octanol–water partition coefficient (Wildman–Crippen LogP) is 4.90. The van der Waals surface area contributed by atoms with Gasteiger partial charge in [0.2, 0.25) is 0 Å². The molecule has 2 aromatic carbocycles. The van der Waals surface area contributed by atoms with Crippen LogP contribution in [0, 0.1) is 25.2 Å². The minimum absolute atomic E-state index is 0.0406. The average Bonchev–Trinajstić information content (AvgIpc) is 3.16. The van der Waals surface area contributed by atoms with Gasteiger partial charge in [-0.1, -0.05) is 65.9 Å². The van der Waals surface area contributed by atoms with Gasteiger partial charge in [-0.25, -0.2) is 0 Å². The van der Waals surface area contributed by atoms with Crippen molar-refractivity contribution in [3.8, 4) is 11.8 Å². The van der Waals surface area contributed by atoms with E-state index in [9.17, 15) is 14.9 Å². The molecule has 0 atom stereocenters. The lowest BCUT2D eigenvalue weighted by atomic mass is 10.0. The first-order valence-corrected chi connectivity index (χ1v) is 12.8. The highest BCUT2D eigenvalue weighted by Crippen LogP contribution is 2.35. The van der Waals surface area contributed by atoms with Crippen molar-refractivity contribution in [3.05, 3.63) is 97.2 Å². The number of methoxy groups -OCH3 is 1. The molecule has 1 N–H and O–H groups in total. The molecule has 1 aliphatic heterocycles. The topological polar surface area (TPSA) is 87.4 Å². The molecule has 4 rings (SSSR count). The summed E-state index contributed by atoms with van der Waals surface area (Å²) in [5.41, 5.74) is 3.85. The van der Waals surface area contributed by atoms with Crippen molar-refractivity contribution < 1.29 is 9.53 Å². The molecule has 1 aliphatic rings. The zero-order valence-electron chi connectivity index (χ0n) is 21.0. The van der Waals surface area contributed by atoms with Crippen molar-refractivity contribution in [3.63, 3.8) is 0 Å². The minimum Gasteiger partial charge on any atom is -0.497 e. The van der Waals surface area contributed by atoms with Crippen molar-refractivity contribution in [2.75, 3.05) is 12.4 Å². The smallest absolute Gasteiger partial charge is 0.270 e. The Kier molecular flexibility index (Phi) is 7.81. The summed E-state index contributed by atoms with van der Waals surface area (Å²) in [4.78, 5) is 28.2. The number of hydrogen-bond donors (Lipinski definition) is 1. The van der Waals surface area contributed by atoms with E-state index in [0.717, 1.165) is 22.4 Å². The third-order valence-electron chi connectivity index (χ3n) is 6.23. The molecule has 2 heterocycles. The molecule has 188 valence electrons. The van der Waals surface area contributed by atoms with Gasteiger partial charge in [-0.05, 0) is 48.7 Å². The molecule has 0 spiro atoms. The number of pyridine rings is 1. The Labute approximate surface area is 225 Å². The number of aromatic nitrogens is 1. The third kappa shape index (κ3) is 5.45. The summed E-state index contributed by atoms with van der Waals surface area (Å²) in [5.74, 6) is 1.06. The van der Waals surface area contributed by atoms with Crippen molar-refractivity contribution in [2.45, 2.75) is 26.9 Å². The van der Waals surface area contributed by atoms with Crippen LogP contribution in [0.3, 0.4) is 0 Å². The molecule has 0 bridgehead atoms. The van der Waals surface area contributed by atoms with E-state index in [1.165, 1.54) is 16.3 Å². The number of benzene rings is 2. The second-order valence-corrected chi connectivity index (χ2v) is 10.4. The van der Waals surface area contributed by atoms with Gasteiger partial charge in [0.05, 0.1) is 18.6 Å². The van der Waals surface area contributed by atoms with Gasteiger partial charge in [0.25, 0.3) is 11.5 Å². The average molecular weight is 531 g/mol. The highest BCUT2D eigenvalue weighted by atomic mass is 32.2. The third-order valence-corrected chi connectivity index (χ3v) is 7.61. The molecule has 0 aliphatic carbocycles. The molecule has 1 saturated heterocycles. The molecule has 7 nitrogen and oxygen atoms in total. The Morgan fingerprint density at radius 3 is 2.35 bits per heavy atom. The van der Waals surface area contributed by atoms with Crippen LogP contribution in [0.5, 0.6) is 5.75 Å². The zero-order chi connectivity index (χ0) is 26.7. The fraction of sp³-hybridized carbons (Fsp3) is 0.214. The van der Waals surface area contributed by atoms with Gasteiger partial charge in [-0.15, -0.1) is 0 Å². The Morgan fingerprint density at radius 2 is 1.73 bits per heavy atom. The van der Waals surface area contributed by atoms with Crippen LogP contribution in [0.15, 0.2) is 58.2 Å². The van der Waals surface area contributed by atoms with Gasteiger partial charge in [-0.3, -0.25) is 19.1 Å². The largest absolute Gasteiger partial charge is 0.497 e. The van der Waals surface area contributed by atoms with Gasteiger partial charge < -0.3 is 10.1 Å². The van der Waals surface area contributed by atoms with E-state index in [2.05, 4.69) is 5.32 Å². The molecular weight excluding hydrogens is 504 g/mol. The number of amides is 1. The maximum atomic E-state index is 13.3. The maximum Gasteiger partial charge on any atom is 0.270 e. The highest BCUT2D eigenvalue weighted by Gasteiger charge is 2.32. The zero-order valence-corrected chi connectivity index (χ0v) is 22.6. The van der Waals surface area contributed by atoms with Gasteiger partial charge in [0.1, 0.15) is 27.5 Å². The Balaban J connectivity index is 1.69. The van der Waals surface area contributed by atoms with Crippen LogP contribution >= 0.6 is 24.0 Å². The first-order chi connectivity index (χ1) is 17.7. The lowest BCUT2D eigenvalue weighted by Gasteiger charge is -2.18. The second-order valence-electron chi connectivity index (χ2n) is 8.69. The van der Waals surface area contributed by atoms with E-state index in [-0.39, 0.29) is 11.5 Å². The number of thiocarbonyl (C=S) groups is 1. The molecule has 9 heteroatoms. The van der Waals surface area contributed by atoms with Gasteiger partial charge >= 0.3 is 0 Å². The van der Waals surface area contributed by atoms with Crippen LogP contribution in [0.2, 0.25) is 0 Å². The molecule has 37 heavy (non-hydrogen) atoms. The van der Waals surface area contributed by atoms with Crippen molar-refractivity contribution in [1.29, 1.82) is 5.26 Å². The summed E-state index contributed by atoms with van der Waals surface area (Å²) >= 11 is 6.74. The number of anilines is 1. The quantitative estimate of drug-likeness (QED) is 0.344. The lowest BCUT2D eigenvalue weighted by Crippen LogP contribution is -2.27. The Bertz CT molecular complexity index is 1500. The van der Waals surface area contributed by atoms with E-state index in [0.29, 0.717) is 39.3 Å². The van der Waals surface area contributed by atoms with E-state index in [1.807, 2.05) is 61.5 Å². The van der Waals surface area contributed by atoms with Crippen molar-refractivity contribution in [2.24, 2.45) is 7.05 Å². The summed E-state index contributed by atoms with van der Waals surface area (Å²) < 4.78 is 7.09. The number of nitrogens with one attached hydrogen (secondary N) is 1. The van der Waals surface area contributed by atoms with E-state index < -0.39 is 5.56 Å². The molecule has 0 radical (unpaired) electrons. The van der Waals surface area contributed by atoms with E-state index in [1.54, 1.807) is 32.1 Å². The number of carbonyl (C=O) groups excluding carboxylic acids is 1. The maximum absolute atomic E-state index is 13.3. The molecule has 1 amide bonds. The summed E-state index contributed by atoms with van der Waals surface area (Å²) in [6.45, 7) is 4.53.